The van der Waals surface area contributed by atoms with E-state index in [4.69, 9.17) is 10.5 Å². The molecule has 0 aliphatic carbocycles. The van der Waals surface area contributed by atoms with Crippen LogP contribution < -0.4 is 10.5 Å². The van der Waals surface area contributed by atoms with Gasteiger partial charge >= 0.3 is 0 Å². The third kappa shape index (κ3) is 3.41. The van der Waals surface area contributed by atoms with Gasteiger partial charge in [-0.25, -0.2) is 12.8 Å². The Hall–Kier alpha value is -0.890. The number of sulfonamides is 1. The van der Waals surface area contributed by atoms with E-state index in [0.717, 1.165) is 18.9 Å². The van der Waals surface area contributed by atoms with Gasteiger partial charge in [0.25, 0.3) is 0 Å². The van der Waals surface area contributed by atoms with Gasteiger partial charge in [0.2, 0.25) is 10.0 Å². The maximum atomic E-state index is 13.6. The normalized spacial score (nSPS) is 20.2. The van der Waals surface area contributed by atoms with Gasteiger partial charge in [-0.2, -0.15) is 4.31 Å². The second-order valence-corrected chi connectivity index (χ2v) is 6.50. The molecule has 1 aromatic rings. The predicted molar refractivity (Wildman–Crippen MR) is 76.2 cm³/mol. The molecule has 5 nitrogen and oxygen atoms in total. The third-order valence-corrected chi connectivity index (χ3v) is 5.04. The highest BCUT2D eigenvalue weighted by atomic mass is 35.5. The molecule has 1 heterocycles. The van der Waals surface area contributed by atoms with Crippen molar-refractivity contribution < 1.29 is 17.5 Å². The lowest BCUT2D eigenvalue weighted by atomic mass is 10.1. The van der Waals surface area contributed by atoms with Crippen molar-refractivity contribution in [1.82, 2.24) is 4.31 Å². The van der Waals surface area contributed by atoms with Crippen molar-refractivity contribution in [3.63, 3.8) is 0 Å². The van der Waals surface area contributed by atoms with Crippen molar-refractivity contribution in [3.05, 3.63) is 24.0 Å². The minimum absolute atomic E-state index is 0. The second-order valence-electron chi connectivity index (χ2n) is 4.56. The highest BCUT2D eigenvalue weighted by molar-refractivity contribution is 7.89. The molecular formula is C12H18ClFN2O3S. The van der Waals surface area contributed by atoms with Crippen LogP contribution in [0.15, 0.2) is 23.1 Å². The molecule has 1 aromatic carbocycles. The molecule has 114 valence electrons. The van der Waals surface area contributed by atoms with Crippen LogP contribution in [-0.4, -0.2) is 39.0 Å². The van der Waals surface area contributed by atoms with Gasteiger partial charge < -0.3 is 10.5 Å². The lowest BCUT2D eigenvalue weighted by Crippen LogP contribution is -2.45. The minimum Gasteiger partial charge on any atom is -0.494 e. The van der Waals surface area contributed by atoms with Crippen molar-refractivity contribution in [2.75, 3.05) is 20.2 Å². The van der Waals surface area contributed by atoms with Crippen molar-refractivity contribution in [2.24, 2.45) is 5.73 Å². The summed E-state index contributed by atoms with van der Waals surface area (Å²) in [5.74, 6) is -0.667. The number of benzene rings is 1. The first-order valence-electron chi connectivity index (χ1n) is 6.04. The van der Waals surface area contributed by atoms with Crippen LogP contribution in [0.2, 0.25) is 0 Å². The van der Waals surface area contributed by atoms with Crippen molar-refractivity contribution in [3.8, 4) is 5.75 Å². The van der Waals surface area contributed by atoms with Crippen LogP contribution in [0.1, 0.15) is 12.8 Å². The van der Waals surface area contributed by atoms with Gasteiger partial charge in [0, 0.05) is 19.1 Å². The molecule has 0 spiro atoms. The fraction of sp³-hybridized carbons (Fsp3) is 0.500. The zero-order valence-corrected chi connectivity index (χ0v) is 12.7. The van der Waals surface area contributed by atoms with E-state index in [-0.39, 0.29) is 35.6 Å². The molecule has 1 atom stereocenters. The number of hydrogen-bond donors (Lipinski definition) is 1. The molecule has 0 radical (unpaired) electrons. The van der Waals surface area contributed by atoms with Crippen LogP contribution >= 0.6 is 12.4 Å². The minimum atomic E-state index is -3.68. The first-order chi connectivity index (χ1) is 8.95. The lowest BCUT2D eigenvalue weighted by molar-refractivity contribution is 0.316. The Labute approximate surface area is 124 Å². The predicted octanol–water partition coefficient (Wildman–Crippen LogP) is 1.37. The summed E-state index contributed by atoms with van der Waals surface area (Å²) in [6.07, 6.45) is 1.53. The summed E-state index contributed by atoms with van der Waals surface area (Å²) >= 11 is 0. The summed E-state index contributed by atoms with van der Waals surface area (Å²) in [5, 5.41) is 0. The number of halogens is 2. The van der Waals surface area contributed by atoms with E-state index < -0.39 is 15.8 Å². The Morgan fingerprint density at radius 2 is 2.15 bits per heavy atom. The van der Waals surface area contributed by atoms with Gasteiger partial charge in [0.15, 0.2) is 11.6 Å². The average molecular weight is 325 g/mol. The standard InChI is InChI=1S/C12H17FN2O3S.ClH/c1-18-12-5-4-10(7-11(12)13)19(16,17)15-6-2-3-9(14)8-15;/h4-5,7,9H,2-3,6,8,14H2,1H3;1H. The van der Waals surface area contributed by atoms with E-state index in [1.165, 1.54) is 23.5 Å². The number of hydrogen-bond acceptors (Lipinski definition) is 4. The molecule has 0 aromatic heterocycles. The Morgan fingerprint density at radius 3 is 2.70 bits per heavy atom. The Bertz CT molecular complexity index is 568. The first-order valence-corrected chi connectivity index (χ1v) is 7.48. The first kappa shape index (κ1) is 17.2. The van der Waals surface area contributed by atoms with Crippen LogP contribution in [0.5, 0.6) is 5.75 Å². The van der Waals surface area contributed by atoms with E-state index in [9.17, 15) is 12.8 Å². The average Bonchev–Trinajstić information content (AvgIpc) is 2.38. The summed E-state index contributed by atoms with van der Waals surface area (Å²) in [6, 6.07) is 3.48. The Morgan fingerprint density at radius 1 is 1.45 bits per heavy atom. The second kappa shape index (κ2) is 6.71. The number of ether oxygens (including phenoxy) is 1. The van der Waals surface area contributed by atoms with Crippen LogP contribution in [0.4, 0.5) is 4.39 Å². The van der Waals surface area contributed by atoms with Gasteiger partial charge in [-0.3, -0.25) is 0 Å². The summed E-state index contributed by atoms with van der Waals surface area (Å²) in [6.45, 7) is 0.694. The molecule has 2 rings (SSSR count). The topological polar surface area (TPSA) is 72.6 Å². The Balaban J connectivity index is 0.00000200. The molecule has 20 heavy (non-hydrogen) atoms. The van der Waals surface area contributed by atoms with E-state index in [1.54, 1.807) is 0 Å². The molecule has 1 saturated heterocycles. The quantitative estimate of drug-likeness (QED) is 0.911. The van der Waals surface area contributed by atoms with Gasteiger partial charge in [0.05, 0.1) is 12.0 Å². The molecule has 1 fully saturated rings. The number of rotatable bonds is 3. The molecule has 0 saturated carbocycles. The van der Waals surface area contributed by atoms with Crippen molar-refractivity contribution >= 4 is 22.4 Å². The van der Waals surface area contributed by atoms with Crippen molar-refractivity contribution in [2.45, 2.75) is 23.8 Å². The summed E-state index contributed by atoms with van der Waals surface area (Å²) < 4.78 is 44.4. The van der Waals surface area contributed by atoms with E-state index in [2.05, 4.69) is 0 Å². The third-order valence-electron chi connectivity index (χ3n) is 3.18. The largest absolute Gasteiger partial charge is 0.494 e. The van der Waals surface area contributed by atoms with Crippen molar-refractivity contribution in [1.29, 1.82) is 0 Å². The van der Waals surface area contributed by atoms with Crippen LogP contribution in [0.25, 0.3) is 0 Å². The molecule has 0 bridgehead atoms. The van der Waals surface area contributed by atoms with Gasteiger partial charge in [-0.1, -0.05) is 0 Å². The molecule has 1 aliphatic heterocycles. The molecule has 1 unspecified atom stereocenters. The Kier molecular flexibility index (Phi) is 5.76. The van der Waals surface area contributed by atoms with Gasteiger partial charge in [-0.05, 0) is 31.0 Å². The summed E-state index contributed by atoms with van der Waals surface area (Å²) in [4.78, 5) is -0.0695. The van der Waals surface area contributed by atoms with Crippen LogP contribution in [-0.2, 0) is 10.0 Å². The SMILES string of the molecule is COc1ccc(S(=O)(=O)N2CCCC(N)C2)cc1F.Cl. The molecule has 2 N–H and O–H groups in total. The molecular weight excluding hydrogens is 307 g/mol. The monoisotopic (exact) mass is 324 g/mol. The molecule has 0 amide bonds. The maximum absolute atomic E-state index is 13.6. The van der Waals surface area contributed by atoms with Gasteiger partial charge in [-0.15, -0.1) is 12.4 Å². The molecule has 1 aliphatic rings. The number of methoxy groups -OCH3 is 1. The lowest BCUT2D eigenvalue weighted by Gasteiger charge is -2.29. The maximum Gasteiger partial charge on any atom is 0.243 e. The highest BCUT2D eigenvalue weighted by Crippen LogP contribution is 2.24. The highest BCUT2D eigenvalue weighted by Gasteiger charge is 2.29. The number of piperidine rings is 1. The smallest absolute Gasteiger partial charge is 0.243 e. The van der Waals surface area contributed by atoms with Crippen LogP contribution in [0, 0.1) is 5.82 Å². The zero-order chi connectivity index (χ0) is 14.0. The fourth-order valence-corrected chi connectivity index (χ4v) is 3.70. The summed E-state index contributed by atoms with van der Waals surface area (Å²) in [5.41, 5.74) is 5.78. The van der Waals surface area contributed by atoms with E-state index in [0.29, 0.717) is 6.54 Å². The number of nitrogens with zero attached hydrogens (tertiary/aromatic N) is 1. The van der Waals surface area contributed by atoms with Gasteiger partial charge in [0.1, 0.15) is 0 Å². The fourth-order valence-electron chi connectivity index (χ4n) is 2.15. The zero-order valence-electron chi connectivity index (χ0n) is 11.1. The summed E-state index contributed by atoms with van der Waals surface area (Å²) in [7, 11) is -2.36. The van der Waals surface area contributed by atoms with Crippen LogP contribution in [0.3, 0.4) is 0 Å². The number of nitrogens with two attached hydrogens (primary N) is 1. The van der Waals surface area contributed by atoms with E-state index >= 15 is 0 Å². The van der Waals surface area contributed by atoms with E-state index in [1.807, 2.05) is 0 Å². The molecule has 8 heteroatoms.